The summed E-state index contributed by atoms with van der Waals surface area (Å²) in [5, 5.41) is 4.81. The topological polar surface area (TPSA) is 66.5 Å². The quantitative estimate of drug-likeness (QED) is 0.568. The molecular formula is C20H14ClFN2O3S2. The molecule has 0 amide bonds. The van der Waals surface area contributed by atoms with E-state index in [1.807, 2.05) is 0 Å². The van der Waals surface area contributed by atoms with E-state index in [-0.39, 0.29) is 12.2 Å². The first-order chi connectivity index (χ1) is 13.9. The lowest BCUT2D eigenvalue weighted by atomic mass is 10.2. The van der Waals surface area contributed by atoms with Crippen molar-refractivity contribution in [2.45, 2.75) is 6.54 Å². The van der Waals surface area contributed by atoms with E-state index in [1.54, 1.807) is 41.8 Å². The average Bonchev–Trinajstić information content (AvgIpc) is 3.17. The fourth-order valence-electron chi connectivity index (χ4n) is 2.93. The van der Waals surface area contributed by atoms with Crippen LogP contribution >= 0.6 is 22.9 Å². The Balaban J connectivity index is 1.75. The molecule has 29 heavy (non-hydrogen) atoms. The summed E-state index contributed by atoms with van der Waals surface area (Å²) in [6.45, 7) is 0.0353. The van der Waals surface area contributed by atoms with Gasteiger partial charge in [-0.3, -0.25) is 9.10 Å². The molecule has 0 aliphatic carbocycles. The first-order valence-corrected chi connectivity index (χ1v) is 11.2. The van der Waals surface area contributed by atoms with Gasteiger partial charge < -0.3 is 5.32 Å². The molecule has 1 aliphatic heterocycles. The minimum atomic E-state index is -4.15. The fraction of sp³-hybridized carbons (Fsp3) is 0.0500. The number of benzene rings is 2. The molecule has 0 bridgehead atoms. The third kappa shape index (κ3) is 3.66. The first-order valence-electron chi connectivity index (χ1n) is 8.48. The summed E-state index contributed by atoms with van der Waals surface area (Å²) < 4.78 is 41.5. The number of fused-ring (bicyclic) bond motifs is 1. The van der Waals surface area contributed by atoms with Gasteiger partial charge in [0.25, 0.3) is 10.0 Å². The number of carbonyl (C=O) groups is 1. The zero-order valence-corrected chi connectivity index (χ0v) is 17.2. The van der Waals surface area contributed by atoms with Gasteiger partial charge in [-0.2, -0.15) is 0 Å². The summed E-state index contributed by atoms with van der Waals surface area (Å²) in [6, 6.07) is 14.2. The van der Waals surface area contributed by atoms with Crippen LogP contribution in [-0.2, 0) is 16.6 Å². The Kier molecular flexibility index (Phi) is 5.16. The number of allylic oxidation sites excluding steroid dienone is 1. The summed E-state index contributed by atoms with van der Waals surface area (Å²) in [5.74, 6) is -1.17. The monoisotopic (exact) mass is 448 g/mol. The maximum absolute atomic E-state index is 13.9. The third-order valence-electron chi connectivity index (χ3n) is 4.38. The molecule has 0 spiro atoms. The van der Waals surface area contributed by atoms with Gasteiger partial charge in [0.15, 0.2) is 4.91 Å². The molecule has 0 radical (unpaired) electrons. The minimum absolute atomic E-state index is 0.0353. The summed E-state index contributed by atoms with van der Waals surface area (Å²) >= 11 is 7.07. The molecule has 2 aromatic carbocycles. The molecule has 4 rings (SSSR count). The smallest absolute Gasteiger partial charge is 0.270 e. The summed E-state index contributed by atoms with van der Waals surface area (Å²) in [5.41, 5.74) is 1.12. The maximum Gasteiger partial charge on any atom is 0.270 e. The molecular weight excluding hydrogens is 435 g/mol. The molecule has 1 N–H and O–H groups in total. The Morgan fingerprint density at radius 2 is 1.83 bits per heavy atom. The van der Waals surface area contributed by atoms with Crippen molar-refractivity contribution < 1.29 is 17.6 Å². The van der Waals surface area contributed by atoms with Crippen molar-refractivity contribution >= 4 is 50.1 Å². The molecule has 1 aliphatic rings. The number of rotatable bonds is 4. The van der Waals surface area contributed by atoms with Crippen LogP contribution < -0.4 is 9.62 Å². The van der Waals surface area contributed by atoms with Crippen LogP contribution in [0.3, 0.4) is 0 Å². The second-order valence-corrected chi connectivity index (χ2v) is 9.42. The molecule has 9 heteroatoms. The van der Waals surface area contributed by atoms with E-state index in [1.165, 1.54) is 22.5 Å². The highest BCUT2D eigenvalue weighted by Gasteiger charge is 2.41. The number of thiophene rings is 1. The summed E-state index contributed by atoms with van der Waals surface area (Å²) in [7, 11) is -4.15. The van der Waals surface area contributed by atoms with Crippen LogP contribution in [0.4, 0.5) is 15.8 Å². The lowest BCUT2D eigenvalue weighted by molar-refractivity contribution is 0.104. The number of hydrogen-bond donors (Lipinski definition) is 1. The highest BCUT2D eigenvalue weighted by Crippen LogP contribution is 2.39. The Hall–Kier alpha value is -2.68. The Bertz CT molecular complexity index is 1220. The predicted octanol–water partition coefficient (Wildman–Crippen LogP) is 5.03. The molecule has 5 nitrogen and oxygen atoms in total. The molecule has 2 heterocycles. The van der Waals surface area contributed by atoms with Gasteiger partial charge in [-0.05, 0) is 41.3 Å². The van der Waals surface area contributed by atoms with E-state index in [0.29, 0.717) is 21.2 Å². The third-order valence-corrected chi connectivity index (χ3v) is 7.30. The number of hydrogen-bond acceptors (Lipinski definition) is 5. The SMILES string of the molecule is O=C1C(=CNc2ccccc2F)S(=O)(=O)N(Cc2ccc(Cl)cc2)c2ccsc21. The van der Waals surface area contributed by atoms with Crippen molar-refractivity contribution in [3.8, 4) is 0 Å². The maximum atomic E-state index is 13.9. The highest BCUT2D eigenvalue weighted by molar-refractivity contribution is 7.97. The number of halogens is 2. The van der Waals surface area contributed by atoms with E-state index in [0.717, 1.165) is 17.5 Å². The zero-order valence-electron chi connectivity index (χ0n) is 14.8. The van der Waals surface area contributed by atoms with Crippen LogP contribution in [0.25, 0.3) is 0 Å². The van der Waals surface area contributed by atoms with Gasteiger partial charge in [-0.15, -0.1) is 11.3 Å². The number of Topliss-reactive ketones (excluding diaryl/α,β-unsaturated/α-hetero) is 1. The van der Waals surface area contributed by atoms with Gasteiger partial charge in [-0.25, -0.2) is 12.8 Å². The number of ketones is 1. The van der Waals surface area contributed by atoms with Gasteiger partial charge in [0.2, 0.25) is 5.78 Å². The van der Waals surface area contributed by atoms with Crippen molar-refractivity contribution in [1.29, 1.82) is 0 Å². The number of nitrogens with zero attached hydrogens (tertiary/aromatic N) is 1. The number of anilines is 2. The minimum Gasteiger partial charge on any atom is -0.358 e. The molecule has 0 saturated heterocycles. The Morgan fingerprint density at radius 1 is 1.10 bits per heavy atom. The molecule has 148 valence electrons. The summed E-state index contributed by atoms with van der Waals surface area (Å²) in [6.07, 6.45) is 1.05. The molecule has 0 saturated carbocycles. The lowest BCUT2D eigenvalue weighted by Gasteiger charge is -2.29. The summed E-state index contributed by atoms with van der Waals surface area (Å²) in [4.78, 5) is 12.7. The average molecular weight is 449 g/mol. The molecule has 0 unspecified atom stereocenters. The zero-order chi connectivity index (χ0) is 20.6. The second kappa shape index (κ2) is 7.62. The van der Waals surface area contributed by atoms with E-state index in [9.17, 15) is 17.6 Å². The number of sulfonamides is 1. The van der Waals surface area contributed by atoms with Gasteiger partial charge in [0.05, 0.1) is 17.9 Å². The van der Waals surface area contributed by atoms with Crippen molar-refractivity contribution in [2.24, 2.45) is 0 Å². The number of para-hydroxylation sites is 1. The van der Waals surface area contributed by atoms with Gasteiger partial charge in [0.1, 0.15) is 10.7 Å². The molecule has 0 fully saturated rings. The number of nitrogens with one attached hydrogen (secondary N) is 1. The first kappa shape index (κ1) is 19.6. The van der Waals surface area contributed by atoms with E-state index in [4.69, 9.17) is 11.6 Å². The fourth-order valence-corrected chi connectivity index (χ4v) is 5.54. The van der Waals surface area contributed by atoms with Crippen LogP contribution in [0.5, 0.6) is 0 Å². The van der Waals surface area contributed by atoms with Crippen LogP contribution in [0, 0.1) is 5.82 Å². The standard InChI is InChI=1S/C20H14ClFN2O3S2/c21-14-7-5-13(6-8-14)12-24-17-9-10-28-20(17)19(25)18(29(24,26)27)11-23-16-4-2-1-3-15(16)22/h1-11,23H,12H2. The molecule has 1 aromatic heterocycles. The van der Waals surface area contributed by atoms with Crippen molar-refractivity contribution in [3.05, 3.63) is 92.4 Å². The van der Waals surface area contributed by atoms with Gasteiger partial charge in [-0.1, -0.05) is 35.9 Å². The van der Waals surface area contributed by atoms with Crippen LogP contribution in [0.1, 0.15) is 15.2 Å². The largest absolute Gasteiger partial charge is 0.358 e. The van der Waals surface area contributed by atoms with Crippen LogP contribution in [-0.4, -0.2) is 14.2 Å². The van der Waals surface area contributed by atoms with Crippen molar-refractivity contribution in [3.63, 3.8) is 0 Å². The number of carbonyl (C=O) groups excluding carboxylic acids is 1. The molecule has 3 aromatic rings. The normalized spacial score (nSPS) is 16.7. The Labute approximate surface area is 176 Å². The van der Waals surface area contributed by atoms with E-state index >= 15 is 0 Å². The second-order valence-electron chi connectivity index (χ2n) is 6.24. The van der Waals surface area contributed by atoms with Crippen molar-refractivity contribution in [1.82, 2.24) is 0 Å². The van der Waals surface area contributed by atoms with Crippen LogP contribution in [0.2, 0.25) is 5.02 Å². The highest BCUT2D eigenvalue weighted by atomic mass is 35.5. The van der Waals surface area contributed by atoms with E-state index < -0.39 is 26.5 Å². The Morgan fingerprint density at radius 3 is 2.55 bits per heavy atom. The van der Waals surface area contributed by atoms with Crippen molar-refractivity contribution in [2.75, 3.05) is 9.62 Å². The molecule has 0 atom stereocenters. The van der Waals surface area contributed by atoms with Gasteiger partial charge >= 0.3 is 0 Å². The van der Waals surface area contributed by atoms with Crippen LogP contribution in [0.15, 0.2) is 71.1 Å². The predicted molar refractivity (Wildman–Crippen MR) is 113 cm³/mol. The van der Waals surface area contributed by atoms with Gasteiger partial charge in [0, 0.05) is 11.2 Å². The lowest BCUT2D eigenvalue weighted by Crippen LogP contribution is -2.38. The van der Waals surface area contributed by atoms with E-state index in [2.05, 4.69) is 5.32 Å².